The van der Waals surface area contributed by atoms with E-state index in [4.69, 9.17) is 0 Å². The molecule has 0 bridgehead atoms. The van der Waals surface area contributed by atoms with Crippen LogP contribution in [-0.4, -0.2) is 42.6 Å². The van der Waals surface area contributed by atoms with Gasteiger partial charge in [-0.1, -0.05) is 0 Å². The van der Waals surface area contributed by atoms with Crippen LogP contribution < -0.4 is 4.72 Å². The Morgan fingerprint density at radius 3 is 2.65 bits per heavy atom. The summed E-state index contributed by atoms with van der Waals surface area (Å²) in [6.07, 6.45) is 2.81. The number of benzene rings is 1. The number of hydrogen-bond donors (Lipinski definition) is 2. The molecule has 0 radical (unpaired) electrons. The molecule has 0 aliphatic carbocycles. The second-order valence-corrected chi connectivity index (χ2v) is 7.49. The van der Waals surface area contributed by atoms with Gasteiger partial charge in [-0.2, -0.15) is 12.7 Å². The second kappa shape index (κ2) is 6.46. The largest absolute Gasteiger partial charge is 0.345 e. The van der Waals surface area contributed by atoms with E-state index in [-0.39, 0.29) is 5.56 Å². The van der Waals surface area contributed by atoms with Crippen molar-refractivity contribution in [3.63, 3.8) is 0 Å². The predicted octanol–water partition coefficient (Wildman–Crippen LogP) is 2.29. The van der Waals surface area contributed by atoms with Crippen LogP contribution in [0.5, 0.6) is 0 Å². The van der Waals surface area contributed by atoms with E-state index in [1.54, 1.807) is 12.1 Å². The fraction of sp³-hybridized carbons (Fsp3) is 0.125. The molecule has 0 saturated carbocycles. The van der Waals surface area contributed by atoms with Crippen LogP contribution in [0.15, 0.2) is 36.7 Å². The van der Waals surface area contributed by atoms with Crippen LogP contribution in [0, 0.1) is 11.6 Å². The SMILES string of the molecule is CN(C)S(=O)(=O)Nc1ccc(F)c(C(=O)c2c[nH]c3ncccc23)c1F. The number of aromatic nitrogens is 2. The van der Waals surface area contributed by atoms with Crippen molar-refractivity contribution in [3.8, 4) is 0 Å². The van der Waals surface area contributed by atoms with Crippen LogP contribution in [0.25, 0.3) is 11.0 Å². The van der Waals surface area contributed by atoms with E-state index in [0.29, 0.717) is 11.0 Å². The van der Waals surface area contributed by atoms with Crippen molar-refractivity contribution >= 4 is 32.7 Å². The van der Waals surface area contributed by atoms with Gasteiger partial charge in [-0.15, -0.1) is 0 Å². The average Bonchev–Trinajstić information content (AvgIpc) is 3.01. The molecule has 1 aromatic carbocycles. The summed E-state index contributed by atoms with van der Waals surface area (Å²) >= 11 is 0. The van der Waals surface area contributed by atoms with Crippen LogP contribution in [0.3, 0.4) is 0 Å². The van der Waals surface area contributed by atoms with Gasteiger partial charge in [0.1, 0.15) is 11.5 Å². The summed E-state index contributed by atoms with van der Waals surface area (Å²) in [4.78, 5) is 19.5. The van der Waals surface area contributed by atoms with Gasteiger partial charge >= 0.3 is 10.2 Å². The predicted molar refractivity (Wildman–Crippen MR) is 92.1 cm³/mol. The van der Waals surface area contributed by atoms with Gasteiger partial charge in [-0.05, 0) is 24.3 Å². The lowest BCUT2D eigenvalue weighted by molar-refractivity contribution is 0.103. The molecule has 136 valence electrons. The lowest BCUT2D eigenvalue weighted by atomic mass is 10.0. The summed E-state index contributed by atoms with van der Waals surface area (Å²) in [5.41, 5.74) is -0.963. The Labute approximate surface area is 147 Å². The van der Waals surface area contributed by atoms with Gasteiger partial charge in [0.05, 0.1) is 11.3 Å². The van der Waals surface area contributed by atoms with E-state index in [1.807, 2.05) is 4.72 Å². The van der Waals surface area contributed by atoms with Crippen LogP contribution in [0.1, 0.15) is 15.9 Å². The minimum absolute atomic E-state index is 0.0264. The van der Waals surface area contributed by atoms with Gasteiger partial charge < -0.3 is 4.98 Å². The second-order valence-electron chi connectivity index (χ2n) is 5.60. The van der Waals surface area contributed by atoms with Crippen molar-refractivity contribution in [1.29, 1.82) is 0 Å². The van der Waals surface area contributed by atoms with Crippen molar-refractivity contribution in [2.24, 2.45) is 0 Å². The van der Waals surface area contributed by atoms with Gasteiger partial charge in [0.15, 0.2) is 5.82 Å². The molecule has 10 heteroatoms. The molecule has 0 fully saturated rings. The highest BCUT2D eigenvalue weighted by atomic mass is 32.2. The molecule has 0 unspecified atom stereocenters. The van der Waals surface area contributed by atoms with Crippen LogP contribution in [-0.2, 0) is 10.2 Å². The summed E-state index contributed by atoms with van der Waals surface area (Å²) < 4.78 is 55.5. The number of H-pyrrole nitrogens is 1. The van der Waals surface area contributed by atoms with Crippen molar-refractivity contribution in [2.45, 2.75) is 0 Å². The molecular weight excluding hydrogens is 366 g/mol. The zero-order valence-electron chi connectivity index (χ0n) is 13.7. The smallest absolute Gasteiger partial charge is 0.301 e. The maximum atomic E-state index is 14.7. The number of carbonyl (C=O) groups excluding carboxylic acids is 1. The first-order chi connectivity index (χ1) is 12.2. The minimum atomic E-state index is -4.02. The number of ketones is 1. The van der Waals surface area contributed by atoms with Crippen molar-refractivity contribution in [1.82, 2.24) is 14.3 Å². The number of aromatic amines is 1. The molecular formula is C16H14F2N4O3S. The molecule has 2 N–H and O–H groups in total. The average molecular weight is 380 g/mol. The standard InChI is InChI=1S/C16H14F2N4O3S/c1-22(2)26(24,25)21-12-6-5-11(17)13(14(12)18)15(23)10-8-20-16-9(10)4-3-7-19-16/h3-8,21H,1-2H3,(H,19,20). The molecule has 7 nitrogen and oxygen atoms in total. The summed E-state index contributed by atoms with van der Waals surface area (Å²) in [7, 11) is -1.53. The molecule has 0 spiro atoms. The lowest BCUT2D eigenvalue weighted by Crippen LogP contribution is -2.29. The molecule has 0 atom stereocenters. The molecule has 2 heterocycles. The third kappa shape index (κ3) is 3.04. The van der Waals surface area contributed by atoms with E-state index < -0.39 is 38.9 Å². The number of carbonyl (C=O) groups is 1. The fourth-order valence-corrected chi connectivity index (χ4v) is 2.97. The van der Waals surface area contributed by atoms with Crippen LogP contribution >= 0.6 is 0 Å². The van der Waals surface area contributed by atoms with Crippen molar-refractivity contribution < 1.29 is 22.0 Å². The Balaban J connectivity index is 2.10. The Hall–Kier alpha value is -2.85. The number of pyridine rings is 1. The Kier molecular flexibility index (Phi) is 4.46. The Morgan fingerprint density at radius 1 is 1.23 bits per heavy atom. The third-order valence-electron chi connectivity index (χ3n) is 3.73. The zero-order valence-corrected chi connectivity index (χ0v) is 14.6. The number of halogens is 2. The zero-order chi connectivity index (χ0) is 19.1. The van der Waals surface area contributed by atoms with Gasteiger partial charge in [-0.25, -0.2) is 13.8 Å². The quantitative estimate of drug-likeness (QED) is 0.664. The lowest BCUT2D eigenvalue weighted by Gasteiger charge is -2.15. The van der Waals surface area contributed by atoms with Gasteiger partial charge in [0.2, 0.25) is 5.78 Å². The maximum Gasteiger partial charge on any atom is 0.301 e. The molecule has 0 aliphatic heterocycles. The van der Waals surface area contributed by atoms with Crippen LogP contribution in [0.4, 0.5) is 14.5 Å². The minimum Gasteiger partial charge on any atom is -0.345 e. The van der Waals surface area contributed by atoms with Crippen LogP contribution in [0.2, 0.25) is 0 Å². The Bertz CT molecular complexity index is 1110. The van der Waals surface area contributed by atoms with Crippen molar-refractivity contribution in [2.75, 3.05) is 18.8 Å². The number of nitrogens with one attached hydrogen (secondary N) is 2. The number of rotatable bonds is 5. The van der Waals surface area contributed by atoms with E-state index in [9.17, 15) is 22.0 Å². The Morgan fingerprint density at radius 2 is 1.96 bits per heavy atom. The summed E-state index contributed by atoms with van der Waals surface area (Å²) in [6, 6.07) is 4.91. The third-order valence-corrected chi connectivity index (χ3v) is 5.17. The molecule has 2 aromatic heterocycles. The molecule has 0 aliphatic rings. The molecule has 0 saturated heterocycles. The molecule has 3 aromatic rings. The van der Waals surface area contributed by atoms with E-state index >= 15 is 0 Å². The highest BCUT2D eigenvalue weighted by Crippen LogP contribution is 2.27. The van der Waals surface area contributed by atoms with E-state index in [0.717, 1.165) is 16.4 Å². The highest BCUT2D eigenvalue weighted by molar-refractivity contribution is 7.90. The summed E-state index contributed by atoms with van der Waals surface area (Å²) in [5, 5.41) is 0.399. The number of hydrogen-bond acceptors (Lipinski definition) is 4. The highest BCUT2D eigenvalue weighted by Gasteiger charge is 2.26. The van der Waals surface area contributed by atoms with Gasteiger partial charge in [0.25, 0.3) is 0 Å². The van der Waals surface area contributed by atoms with Gasteiger partial charge in [0, 0.05) is 37.4 Å². The molecule has 0 amide bonds. The molecule has 26 heavy (non-hydrogen) atoms. The maximum absolute atomic E-state index is 14.7. The topological polar surface area (TPSA) is 95.2 Å². The first-order valence-electron chi connectivity index (χ1n) is 7.37. The van der Waals surface area contributed by atoms with Gasteiger partial charge in [-0.3, -0.25) is 9.52 Å². The normalized spacial score (nSPS) is 11.9. The first kappa shape index (κ1) is 18.0. The van der Waals surface area contributed by atoms with E-state index in [2.05, 4.69) is 9.97 Å². The van der Waals surface area contributed by atoms with Crippen molar-refractivity contribution in [3.05, 3.63) is 59.4 Å². The molecule has 3 rings (SSSR count). The first-order valence-corrected chi connectivity index (χ1v) is 8.81. The number of anilines is 1. The summed E-state index contributed by atoms with van der Waals surface area (Å²) in [6.45, 7) is 0. The fourth-order valence-electron chi connectivity index (χ4n) is 2.35. The number of nitrogens with zero attached hydrogens (tertiary/aromatic N) is 2. The van der Waals surface area contributed by atoms with E-state index in [1.165, 1.54) is 26.5 Å². The monoisotopic (exact) mass is 380 g/mol. The number of fused-ring (bicyclic) bond motifs is 1. The summed E-state index contributed by atoms with van der Waals surface area (Å²) in [5.74, 6) is -3.32.